The highest BCUT2D eigenvalue weighted by Gasteiger charge is 2.30. The molecule has 152 valence electrons. The van der Waals surface area contributed by atoms with E-state index < -0.39 is 12.2 Å². The van der Waals surface area contributed by atoms with Gasteiger partial charge in [0.25, 0.3) is 0 Å². The topological polar surface area (TPSA) is 33.0 Å². The van der Waals surface area contributed by atoms with Gasteiger partial charge in [0.2, 0.25) is 0 Å². The van der Waals surface area contributed by atoms with E-state index in [9.17, 15) is 17.6 Å². The van der Waals surface area contributed by atoms with Crippen molar-refractivity contribution in [3.8, 4) is 11.8 Å². The van der Waals surface area contributed by atoms with Crippen LogP contribution in [0.5, 0.6) is 5.75 Å². The van der Waals surface area contributed by atoms with E-state index in [1.54, 1.807) is 18.2 Å². The van der Waals surface area contributed by atoms with Crippen LogP contribution in [-0.2, 0) is 6.42 Å². The number of halogens is 4. The lowest BCUT2D eigenvalue weighted by atomic mass is 9.79. The molecule has 0 aromatic heterocycles. The number of aryl methyl sites for hydroxylation is 1. The zero-order valence-electron chi connectivity index (χ0n) is 15.7. The molecule has 0 heterocycles. The maximum absolute atomic E-state index is 12.7. The minimum absolute atomic E-state index is 0.187. The second kappa shape index (κ2) is 10.9. The van der Waals surface area contributed by atoms with Crippen molar-refractivity contribution in [3.05, 3.63) is 53.9 Å². The molecule has 0 amide bonds. The summed E-state index contributed by atoms with van der Waals surface area (Å²) in [5, 5.41) is 8.36. The molecule has 0 radical (unpaired) electrons. The highest BCUT2D eigenvalue weighted by atomic mass is 19.4. The number of nitrogens with zero attached hydrogens (tertiary/aromatic N) is 1. The SMILES string of the molecule is N#CC(F)=CC=C[C@H]1CC[C@H](CCCCc2ccc(OC(F)(F)F)cc2)CC1. The van der Waals surface area contributed by atoms with E-state index >= 15 is 0 Å². The summed E-state index contributed by atoms with van der Waals surface area (Å²) in [5.74, 6) is 0.204. The summed E-state index contributed by atoms with van der Waals surface area (Å²) >= 11 is 0. The summed E-state index contributed by atoms with van der Waals surface area (Å²) in [4.78, 5) is 0. The number of benzene rings is 1. The van der Waals surface area contributed by atoms with E-state index in [2.05, 4.69) is 4.74 Å². The second-order valence-corrected chi connectivity index (χ2v) is 7.23. The largest absolute Gasteiger partial charge is 0.573 e. The van der Waals surface area contributed by atoms with Crippen molar-refractivity contribution >= 4 is 0 Å². The fourth-order valence-electron chi connectivity index (χ4n) is 3.62. The smallest absolute Gasteiger partial charge is 0.406 e. The average Bonchev–Trinajstić information content (AvgIpc) is 2.66. The first-order chi connectivity index (χ1) is 13.4. The fourth-order valence-corrected chi connectivity index (χ4v) is 3.62. The zero-order chi connectivity index (χ0) is 20.4. The number of hydrogen-bond donors (Lipinski definition) is 0. The number of unbranched alkanes of at least 4 members (excludes halogenated alkanes) is 1. The van der Waals surface area contributed by atoms with Gasteiger partial charge in [0.05, 0.1) is 0 Å². The predicted molar refractivity (Wildman–Crippen MR) is 100 cm³/mol. The lowest BCUT2D eigenvalue weighted by Gasteiger charge is -2.26. The molecule has 1 aliphatic rings. The lowest BCUT2D eigenvalue weighted by molar-refractivity contribution is -0.274. The van der Waals surface area contributed by atoms with Gasteiger partial charge in [-0.15, -0.1) is 13.2 Å². The Morgan fingerprint density at radius 1 is 1.11 bits per heavy atom. The van der Waals surface area contributed by atoms with Crippen molar-refractivity contribution in [2.24, 2.45) is 11.8 Å². The van der Waals surface area contributed by atoms with E-state index in [0.717, 1.165) is 56.9 Å². The number of hydrogen-bond acceptors (Lipinski definition) is 2. The van der Waals surface area contributed by atoms with Crippen molar-refractivity contribution < 1.29 is 22.3 Å². The van der Waals surface area contributed by atoms with Crippen LogP contribution in [0.25, 0.3) is 0 Å². The van der Waals surface area contributed by atoms with Gasteiger partial charge in [0.15, 0.2) is 5.83 Å². The Balaban J connectivity index is 1.61. The fraction of sp³-hybridized carbons (Fsp3) is 0.500. The number of ether oxygens (including phenoxy) is 1. The molecule has 1 fully saturated rings. The van der Waals surface area contributed by atoms with Gasteiger partial charge in [-0.2, -0.15) is 9.65 Å². The normalized spacial score (nSPS) is 20.9. The molecule has 0 N–H and O–H groups in total. The second-order valence-electron chi connectivity index (χ2n) is 7.23. The first-order valence-corrected chi connectivity index (χ1v) is 9.64. The Morgan fingerprint density at radius 2 is 1.79 bits per heavy atom. The van der Waals surface area contributed by atoms with Gasteiger partial charge in [-0.3, -0.25) is 0 Å². The van der Waals surface area contributed by atoms with Crippen LogP contribution in [0.1, 0.15) is 50.5 Å². The van der Waals surface area contributed by atoms with Crippen LogP contribution in [0.2, 0.25) is 0 Å². The Hall–Kier alpha value is -2.29. The van der Waals surface area contributed by atoms with Crippen LogP contribution in [0.3, 0.4) is 0 Å². The van der Waals surface area contributed by atoms with Crippen LogP contribution < -0.4 is 4.74 Å². The zero-order valence-corrected chi connectivity index (χ0v) is 15.7. The van der Waals surface area contributed by atoms with Crippen molar-refractivity contribution in [1.29, 1.82) is 5.26 Å². The summed E-state index contributed by atoms with van der Waals surface area (Å²) in [6.07, 6.45) is 8.77. The molecule has 1 saturated carbocycles. The summed E-state index contributed by atoms with van der Waals surface area (Å²) in [6.45, 7) is 0. The molecule has 1 aromatic rings. The molecular weight excluding hydrogens is 370 g/mol. The van der Waals surface area contributed by atoms with E-state index in [4.69, 9.17) is 5.26 Å². The maximum atomic E-state index is 12.7. The number of rotatable bonds is 8. The molecule has 0 bridgehead atoms. The molecule has 28 heavy (non-hydrogen) atoms. The Bertz CT molecular complexity index is 693. The average molecular weight is 395 g/mol. The third kappa shape index (κ3) is 8.60. The van der Waals surface area contributed by atoms with Gasteiger partial charge in [-0.05, 0) is 74.1 Å². The lowest BCUT2D eigenvalue weighted by Crippen LogP contribution is -2.17. The monoisotopic (exact) mass is 395 g/mol. The Kier molecular flexibility index (Phi) is 8.56. The molecule has 0 aliphatic heterocycles. The third-order valence-corrected chi connectivity index (χ3v) is 5.11. The van der Waals surface area contributed by atoms with Crippen LogP contribution in [0, 0.1) is 23.2 Å². The Morgan fingerprint density at radius 3 is 2.39 bits per heavy atom. The van der Waals surface area contributed by atoms with Crippen LogP contribution in [0.4, 0.5) is 17.6 Å². The first kappa shape index (κ1) is 22.0. The highest BCUT2D eigenvalue weighted by molar-refractivity contribution is 5.27. The summed E-state index contributed by atoms with van der Waals surface area (Å²) in [6, 6.07) is 7.53. The molecule has 0 atom stereocenters. The number of alkyl halides is 3. The number of nitriles is 1. The first-order valence-electron chi connectivity index (χ1n) is 9.64. The van der Waals surface area contributed by atoms with E-state index in [-0.39, 0.29) is 5.75 Å². The molecule has 0 spiro atoms. The van der Waals surface area contributed by atoms with Gasteiger partial charge in [0.1, 0.15) is 11.8 Å². The minimum Gasteiger partial charge on any atom is -0.406 e. The summed E-state index contributed by atoms with van der Waals surface area (Å²) < 4.78 is 53.0. The van der Waals surface area contributed by atoms with Gasteiger partial charge in [-0.25, -0.2) is 0 Å². The molecule has 1 aromatic carbocycles. The van der Waals surface area contributed by atoms with E-state index in [1.807, 2.05) is 6.08 Å². The van der Waals surface area contributed by atoms with Crippen molar-refractivity contribution in [1.82, 2.24) is 0 Å². The van der Waals surface area contributed by atoms with Gasteiger partial charge in [-0.1, -0.05) is 37.1 Å². The van der Waals surface area contributed by atoms with Crippen molar-refractivity contribution in [3.63, 3.8) is 0 Å². The summed E-state index contributed by atoms with van der Waals surface area (Å²) in [5.41, 5.74) is 1.01. The quantitative estimate of drug-likeness (QED) is 0.205. The van der Waals surface area contributed by atoms with E-state index in [0.29, 0.717) is 11.8 Å². The Labute approximate surface area is 163 Å². The van der Waals surface area contributed by atoms with Crippen molar-refractivity contribution in [2.45, 2.75) is 57.7 Å². The van der Waals surface area contributed by atoms with Crippen molar-refractivity contribution in [2.75, 3.05) is 0 Å². The molecule has 2 rings (SSSR count). The standard InChI is InChI=1S/C22H25F4NO/c23-20(16-27)7-3-6-19-10-8-17(9-11-19)4-1-2-5-18-12-14-21(15-13-18)28-22(24,25)26/h3,6-7,12-15,17,19H,1-2,4-5,8-11H2/t17-,19-. The molecule has 2 nitrogen and oxygen atoms in total. The minimum atomic E-state index is -4.65. The van der Waals surface area contributed by atoms with Gasteiger partial charge >= 0.3 is 6.36 Å². The number of allylic oxidation sites excluding steroid dienone is 4. The predicted octanol–water partition coefficient (Wildman–Crippen LogP) is 7.04. The molecular formula is C22H25F4NO. The highest BCUT2D eigenvalue weighted by Crippen LogP contribution is 2.32. The maximum Gasteiger partial charge on any atom is 0.573 e. The molecule has 6 heteroatoms. The van der Waals surface area contributed by atoms with E-state index in [1.165, 1.54) is 24.3 Å². The molecule has 1 aliphatic carbocycles. The van der Waals surface area contributed by atoms with Crippen LogP contribution >= 0.6 is 0 Å². The van der Waals surface area contributed by atoms with Gasteiger partial charge < -0.3 is 4.74 Å². The molecule has 0 saturated heterocycles. The molecule has 0 unspecified atom stereocenters. The van der Waals surface area contributed by atoms with Crippen LogP contribution in [-0.4, -0.2) is 6.36 Å². The van der Waals surface area contributed by atoms with Crippen LogP contribution in [0.15, 0.2) is 48.3 Å². The third-order valence-electron chi connectivity index (χ3n) is 5.11. The van der Waals surface area contributed by atoms with Gasteiger partial charge in [0, 0.05) is 0 Å². The summed E-state index contributed by atoms with van der Waals surface area (Å²) in [7, 11) is 0.